The molecule has 1 fully saturated rings. The van der Waals surface area contributed by atoms with E-state index in [0.717, 1.165) is 31.6 Å². The van der Waals surface area contributed by atoms with Crippen LogP contribution in [0.15, 0.2) is 29.2 Å². The minimum atomic E-state index is -3.77. The summed E-state index contributed by atoms with van der Waals surface area (Å²) in [5.41, 5.74) is 1.00. The highest BCUT2D eigenvalue weighted by atomic mass is 32.2. The number of benzene rings is 1. The van der Waals surface area contributed by atoms with Gasteiger partial charge in [0.25, 0.3) is 0 Å². The molecule has 0 aromatic heterocycles. The molecule has 0 spiro atoms. The van der Waals surface area contributed by atoms with Gasteiger partial charge in [0.05, 0.1) is 17.4 Å². The van der Waals surface area contributed by atoms with Crippen molar-refractivity contribution in [3.05, 3.63) is 24.3 Å². The van der Waals surface area contributed by atoms with Crippen LogP contribution in [-0.4, -0.2) is 50.3 Å². The fraction of sp³-hybridized carbons (Fsp3) is 0.562. The van der Waals surface area contributed by atoms with Gasteiger partial charge in [-0.2, -0.15) is 0 Å². The molecule has 1 saturated heterocycles. The van der Waals surface area contributed by atoms with E-state index in [1.165, 1.54) is 25.0 Å². The number of anilines is 1. The molecule has 0 radical (unpaired) electrons. The van der Waals surface area contributed by atoms with Crippen LogP contribution in [0, 0.1) is 0 Å². The number of aliphatic hydroxyl groups excluding tert-OH is 1. The van der Waals surface area contributed by atoms with Crippen LogP contribution in [0.1, 0.15) is 32.1 Å². The van der Waals surface area contributed by atoms with E-state index in [1.54, 1.807) is 12.1 Å². The Morgan fingerprint density at radius 2 is 1.71 bits per heavy atom. The summed E-state index contributed by atoms with van der Waals surface area (Å²) in [6, 6.07) is 6.64. The van der Waals surface area contributed by atoms with Crippen LogP contribution in [0.2, 0.25) is 0 Å². The monoisotopic (exact) mass is 356 g/mol. The number of carbonyl (C=O) groups is 1. The Morgan fingerprint density at radius 3 is 2.25 bits per heavy atom. The molecule has 1 aliphatic heterocycles. The molecule has 0 aliphatic carbocycles. The van der Waals surface area contributed by atoms with Gasteiger partial charge in [0.2, 0.25) is 10.0 Å². The second-order valence-corrected chi connectivity index (χ2v) is 7.77. The summed E-state index contributed by atoms with van der Waals surface area (Å²) in [7, 11) is -3.77. The Balaban J connectivity index is 1.99. The summed E-state index contributed by atoms with van der Waals surface area (Å²) in [6.45, 7) is 1.62. The number of carboxylic acids is 1. The fourth-order valence-corrected chi connectivity index (χ4v) is 3.80. The predicted molar refractivity (Wildman–Crippen MR) is 90.6 cm³/mol. The Kier molecular flexibility index (Phi) is 6.59. The van der Waals surface area contributed by atoms with Gasteiger partial charge in [0, 0.05) is 25.3 Å². The number of hydrogen-bond donors (Lipinski definition) is 3. The topological polar surface area (TPSA) is 107 Å². The Bertz CT molecular complexity index is 637. The van der Waals surface area contributed by atoms with Crippen LogP contribution in [0.4, 0.5) is 5.69 Å². The van der Waals surface area contributed by atoms with Crippen LogP contribution in [0.3, 0.4) is 0 Å². The molecule has 0 amide bonds. The summed E-state index contributed by atoms with van der Waals surface area (Å²) in [6.07, 6.45) is 2.98. The molecule has 24 heavy (non-hydrogen) atoms. The Labute approximate surface area is 142 Å². The number of rotatable bonds is 7. The average Bonchev–Trinajstić information content (AvgIpc) is 2.82. The van der Waals surface area contributed by atoms with E-state index < -0.39 is 28.5 Å². The largest absolute Gasteiger partial charge is 0.481 e. The Morgan fingerprint density at radius 1 is 1.12 bits per heavy atom. The van der Waals surface area contributed by atoms with Gasteiger partial charge in [0.1, 0.15) is 0 Å². The number of nitrogens with zero attached hydrogens (tertiary/aromatic N) is 1. The zero-order valence-electron chi connectivity index (χ0n) is 13.5. The van der Waals surface area contributed by atoms with Gasteiger partial charge in [0.15, 0.2) is 0 Å². The van der Waals surface area contributed by atoms with E-state index in [1.807, 2.05) is 0 Å². The lowest BCUT2D eigenvalue weighted by Crippen LogP contribution is -2.33. The highest BCUT2D eigenvalue weighted by Crippen LogP contribution is 2.21. The summed E-state index contributed by atoms with van der Waals surface area (Å²) in [5.74, 6) is -1.18. The van der Waals surface area contributed by atoms with E-state index >= 15 is 0 Å². The highest BCUT2D eigenvalue weighted by molar-refractivity contribution is 7.89. The normalized spacial score (nSPS) is 17.3. The Hall–Kier alpha value is -1.64. The third-order valence-corrected chi connectivity index (χ3v) is 5.48. The second-order valence-electron chi connectivity index (χ2n) is 6.00. The molecule has 1 atom stereocenters. The average molecular weight is 356 g/mol. The smallest absolute Gasteiger partial charge is 0.306 e. The van der Waals surface area contributed by atoms with Crippen LogP contribution in [0.25, 0.3) is 0 Å². The third kappa shape index (κ3) is 5.47. The molecule has 134 valence electrons. The molecule has 8 heteroatoms. The van der Waals surface area contributed by atoms with Crippen LogP contribution >= 0.6 is 0 Å². The van der Waals surface area contributed by atoms with Crippen molar-refractivity contribution < 1.29 is 23.4 Å². The molecule has 3 N–H and O–H groups in total. The van der Waals surface area contributed by atoms with Gasteiger partial charge in [-0.05, 0) is 37.1 Å². The van der Waals surface area contributed by atoms with E-state index in [2.05, 4.69) is 9.62 Å². The van der Waals surface area contributed by atoms with E-state index in [-0.39, 0.29) is 11.4 Å². The summed E-state index contributed by atoms with van der Waals surface area (Å²) >= 11 is 0. The molecule has 1 aliphatic rings. The van der Waals surface area contributed by atoms with Crippen LogP contribution < -0.4 is 9.62 Å². The fourth-order valence-electron chi connectivity index (χ4n) is 2.73. The first kappa shape index (κ1) is 18.7. The minimum absolute atomic E-state index is 0.101. The summed E-state index contributed by atoms with van der Waals surface area (Å²) in [5, 5.41) is 18.0. The van der Waals surface area contributed by atoms with Crippen molar-refractivity contribution >= 4 is 21.7 Å². The molecular weight excluding hydrogens is 332 g/mol. The maximum Gasteiger partial charge on any atom is 0.306 e. The van der Waals surface area contributed by atoms with Gasteiger partial charge < -0.3 is 15.1 Å². The number of hydrogen-bond acceptors (Lipinski definition) is 5. The lowest BCUT2D eigenvalue weighted by molar-refractivity contribution is -0.139. The lowest BCUT2D eigenvalue weighted by Gasteiger charge is -2.22. The van der Waals surface area contributed by atoms with Crippen molar-refractivity contribution in [2.45, 2.75) is 43.1 Å². The molecule has 1 unspecified atom stereocenters. The van der Waals surface area contributed by atoms with Crippen molar-refractivity contribution in [2.24, 2.45) is 0 Å². The number of nitrogens with one attached hydrogen (secondary N) is 1. The summed E-state index contributed by atoms with van der Waals surface area (Å²) < 4.78 is 26.6. The summed E-state index contributed by atoms with van der Waals surface area (Å²) in [4.78, 5) is 12.8. The van der Waals surface area contributed by atoms with Crippen molar-refractivity contribution in [1.82, 2.24) is 4.72 Å². The molecule has 7 nitrogen and oxygen atoms in total. The van der Waals surface area contributed by atoms with Gasteiger partial charge >= 0.3 is 5.97 Å². The van der Waals surface area contributed by atoms with Crippen molar-refractivity contribution in [3.63, 3.8) is 0 Å². The number of aliphatic carboxylic acids is 1. The molecule has 0 saturated carbocycles. The first-order valence-corrected chi connectivity index (χ1v) is 9.61. The number of sulfonamides is 1. The molecule has 0 bridgehead atoms. The minimum Gasteiger partial charge on any atom is -0.481 e. The highest BCUT2D eigenvalue weighted by Gasteiger charge is 2.18. The van der Waals surface area contributed by atoms with Crippen molar-refractivity contribution in [1.29, 1.82) is 0 Å². The van der Waals surface area contributed by atoms with Crippen LogP contribution in [-0.2, 0) is 14.8 Å². The number of aliphatic hydroxyl groups is 1. The first-order valence-electron chi connectivity index (χ1n) is 8.13. The predicted octanol–water partition coefficient (Wildman–Crippen LogP) is 1.18. The SMILES string of the molecule is O=C(O)CC(O)CNS(=O)(=O)c1ccc(N2CCCCCC2)cc1. The van der Waals surface area contributed by atoms with Crippen molar-refractivity contribution in [2.75, 3.05) is 24.5 Å². The maximum atomic E-state index is 12.2. The van der Waals surface area contributed by atoms with Gasteiger partial charge in [-0.15, -0.1) is 0 Å². The zero-order valence-corrected chi connectivity index (χ0v) is 14.3. The van der Waals surface area contributed by atoms with Crippen LogP contribution in [0.5, 0.6) is 0 Å². The second kappa shape index (κ2) is 8.46. The van der Waals surface area contributed by atoms with Gasteiger partial charge in [-0.3, -0.25) is 4.79 Å². The standard InChI is InChI=1S/C16H24N2O5S/c19-14(11-16(20)21)12-17-24(22,23)15-7-5-13(6-8-15)18-9-3-1-2-4-10-18/h5-8,14,17,19H,1-4,9-12H2,(H,20,21). The van der Waals surface area contributed by atoms with E-state index in [0.29, 0.717) is 0 Å². The first-order chi connectivity index (χ1) is 11.4. The molecule has 2 rings (SSSR count). The van der Waals surface area contributed by atoms with E-state index in [9.17, 15) is 18.3 Å². The lowest BCUT2D eigenvalue weighted by atomic mass is 10.2. The number of carboxylic acid groups (broad SMARTS) is 1. The van der Waals surface area contributed by atoms with Crippen molar-refractivity contribution in [3.8, 4) is 0 Å². The zero-order chi connectivity index (χ0) is 17.6. The van der Waals surface area contributed by atoms with Gasteiger partial charge in [-0.1, -0.05) is 12.8 Å². The molecule has 1 heterocycles. The molecule has 1 aromatic carbocycles. The molecule has 1 aromatic rings. The maximum absolute atomic E-state index is 12.2. The van der Waals surface area contributed by atoms with E-state index in [4.69, 9.17) is 5.11 Å². The third-order valence-electron chi connectivity index (χ3n) is 4.04. The quantitative estimate of drug-likeness (QED) is 0.677. The van der Waals surface area contributed by atoms with Gasteiger partial charge in [-0.25, -0.2) is 13.1 Å². The molecular formula is C16H24N2O5S.